The lowest BCUT2D eigenvalue weighted by Gasteiger charge is -2.39. The van der Waals surface area contributed by atoms with Crippen molar-refractivity contribution in [3.63, 3.8) is 0 Å². The van der Waals surface area contributed by atoms with Crippen molar-refractivity contribution in [2.45, 2.75) is 25.8 Å². The average Bonchev–Trinajstić information content (AvgIpc) is 2.85. The first-order chi connectivity index (χ1) is 9.56. The molecule has 1 atom stereocenters. The molecule has 2 heterocycles. The number of benzene rings is 1. The molecule has 1 unspecified atom stereocenters. The number of nitro groups is 1. The van der Waals surface area contributed by atoms with Gasteiger partial charge >= 0.3 is 0 Å². The number of anilines is 1. The highest BCUT2D eigenvalue weighted by molar-refractivity contribution is 6.33. The van der Waals surface area contributed by atoms with E-state index in [1.54, 1.807) is 6.07 Å². The third kappa shape index (κ3) is 2.36. The van der Waals surface area contributed by atoms with Gasteiger partial charge in [0.25, 0.3) is 5.69 Å². The van der Waals surface area contributed by atoms with Gasteiger partial charge in [-0.3, -0.25) is 15.0 Å². The van der Waals surface area contributed by atoms with E-state index < -0.39 is 4.92 Å². The predicted octanol–water partition coefficient (Wildman–Crippen LogP) is 2.84. The number of fused-ring (bicyclic) bond motifs is 1. The highest BCUT2D eigenvalue weighted by Gasteiger charge is 2.32. The molecule has 0 bridgehead atoms. The van der Waals surface area contributed by atoms with E-state index in [9.17, 15) is 10.1 Å². The maximum atomic E-state index is 10.9. The fraction of sp³-hybridized carbons (Fsp3) is 0.571. The number of aryl methyl sites for hydroxylation is 1. The molecule has 2 fully saturated rings. The van der Waals surface area contributed by atoms with Crippen molar-refractivity contribution in [1.82, 2.24) is 4.90 Å². The number of halogens is 1. The van der Waals surface area contributed by atoms with Crippen LogP contribution in [0.5, 0.6) is 0 Å². The number of nitrogens with zero attached hydrogens (tertiary/aromatic N) is 3. The summed E-state index contributed by atoms with van der Waals surface area (Å²) in [7, 11) is 0. The molecule has 2 saturated heterocycles. The highest BCUT2D eigenvalue weighted by Crippen LogP contribution is 2.36. The van der Waals surface area contributed by atoms with E-state index in [0.29, 0.717) is 11.1 Å². The van der Waals surface area contributed by atoms with Gasteiger partial charge in [-0.25, -0.2) is 0 Å². The molecule has 0 spiro atoms. The zero-order valence-corrected chi connectivity index (χ0v) is 12.3. The third-order valence-electron chi connectivity index (χ3n) is 4.35. The van der Waals surface area contributed by atoms with Crippen LogP contribution in [-0.2, 0) is 0 Å². The molecule has 1 aromatic carbocycles. The first-order valence-corrected chi connectivity index (χ1v) is 7.37. The molecule has 3 rings (SSSR count). The molecular weight excluding hydrogens is 278 g/mol. The normalized spacial score (nSPS) is 22.9. The van der Waals surface area contributed by atoms with Gasteiger partial charge in [-0.1, -0.05) is 11.6 Å². The molecule has 0 aliphatic carbocycles. The summed E-state index contributed by atoms with van der Waals surface area (Å²) in [6.07, 6.45) is 2.51. The van der Waals surface area contributed by atoms with E-state index in [2.05, 4.69) is 9.80 Å². The van der Waals surface area contributed by atoms with Crippen molar-refractivity contribution in [1.29, 1.82) is 0 Å². The van der Waals surface area contributed by atoms with E-state index in [1.165, 1.54) is 25.5 Å². The maximum Gasteiger partial charge on any atom is 0.271 e. The van der Waals surface area contributed by atoms with Gasteiger partial charge in [0.1, 0.15) is 0 Å². The lowest BCUT2D eigenvalue weighted by molar-refractivity contribution is -0.384. The van der Waals surface area contributed by atoms with Gasteiger partial charge in [0.15, 0.2) is 0 Å². The molecule has 0 amide bonds. The molecule has 1 aromatic rings. The van der Waals surface area contributed by atoms with E-state index in [4.69, 9.17) is 11.6 Å². The van der Waals surface area contributed by atoms with Crippen LogP contribution in [0.1, 0.15) is 18.4 Å². The van der Waals surface area contributed by atoms with Crippen LogP contribution in [0.2, 0.25) is 5.02 Å². The fourth-order valence-electron chi connectivity index (χ4n) is 3.42. The Morgan fingerprint density at radius 1 is 1.35 bits per heavy atom. The Bertz CT molecular complexity index is 526. The predicted molar refractivity (Wildman–Crippen MR) is 79.7 cm³/mol. The van der Waals surface area contributed by atoms with Gasteiger partial charge in [0.2, 0.25) is 0 Å². The Labute approximate surface area is 123 Å². The van der Waals surface area contributed by atoms with Crippen molar-refractivity contribution in [2.75, 3.05) is 31.1 Å². The summed E-state index contributed by atoms with van der Waals surface area (Å²) in [5.41, 5.74) is 1.91. The smallest absolute Gasteiger partial charge is 0.271 e. The number of nitro benzene ring substituents is 1. The zero-order valence-electron chi connectivity index (χ0n) is 11.5. The summed E-state index contributed by atoms with van der Waals surface area (Å²) >= 11 is 6.30. The van der Waals surface area contributed by atoms with Gasteiger partial charge in [0.05, 0.1) is 15.6 Å². The van der Waals surface area contributed by atoms with Crippen LogP contribution >= 0.6 is 11.6 Å². The first kappa shape index (κ1) is 13.6. The highest BCUT2D eigenvalue weighted by atomic mass is 35.5. The summed E-state index contributed by atoms with van der Waals surface area (Å²) in [5, 5.41) is 11.4. The summed E-state index contributed by atoms with van der Waals surface area (Å²) in [6.45, 7) is 6.06. The molecule has 0 N–H and O–H groups in total. The second-order valence-electron chi connectivity index (χ2n) is 5.63. The quantitative estimate of drug-likeness (QED) is 0.622. The Morgan fingerprint density at radius 3 is 2.85 bits per heavy atom. The second kappa shape index (κ2) is 5.22. The number of non-ortho nitro benzene ring substituents is 1. The third-order valence-corrected chi connectivity index (χ3v) is 4.64. The van der Waals surface area contributed by atoms with E-state index in [0.717, 1.165) is 30.9 Å². The van der Waals surface area contributed by atoms with Crippen molar-refractivity contribution >= 4 is 23.0 Å². The summed E-state index contributed by atoms with van der Waals surface area (Å²) in [4.78, 5) is 15.3. The van der Waals surface area contributed by atoms with Crippen molar-refractivity contribution in [3.05, 3.63) is 32.8 Å². The average molecular weight is 296 g/mol. The molecule has 6 heteroatoms. The van der Waals surface area contributed by atoms with Crippen LogP contribution in [0.25, 0.3) is 0 Å². The monoisotopic (exact) mass is 295 g/mol. The zero-order chi connectivity index (χ0) is 14.3. The van der Waals surface area contributed by atoms with E-state index in [-0.39, 0.29) is 5.69 Å². The van der Waals surface area contributed by atoms with Gasteiger partial charge in [0, 0.05) is 37.8 Å². The lowest BCUT2D eigenvalue weighted by Crippen LogP contribution is -2.50. The Hall–Kier alpha value is -1.33. The van der Waals surface area contributed by atoms with Crippen molar-refractivity contribution < 1.29 is 4.92 Å². The molecule has 0 aromatic heterocycles. The lowest BCUT2D eigenvalue weighted by atomic mass is 10.1. The Morgan fingerprint density at radius 2 is 2.15 bits per heavy atom. The van der Waals surface area contributed by atoms with Crippen LogP contribution in [0.4, 0.5) is 11.4 Å². The van der Waals surface area contributed by atoms with Crippen LogP contribution in [0.15, 0.2) is 12.1 Å². The van der Waals surface area contributed by atoms with Gasteiger partial charge < -0.3 is 4.90 Å². The Balaban J connectivity index is 1.88. The summed E-state index contributed by atoms with van der Waals surface area (Å²) in [5.74, 6) is 0. The molecular formula is C14H18ClN3O2. The summed E-state index contributed by atoms with van der Waals surface area (Å²) < 4.78 is 0. The second-order valence-corrected chi connectivity index (χ2v) is 6.04. The molecule has 2 aliphatic rings. The molecule has 5 nitrogen and oxygen atoms in total. The fourth-order valence-corrected chi connectivity index (χ4v) is 3.80. The largest absolute Gasteiger partial charge is 0.367 e. The molecule has 0 radical (unpaired) electrons. The number of rotatable bonds is 2. The molecule has 108 valence electrons. The number of piperazine rings is 1. The SMILES string of the molecule is Cc1cc([N+](=O)[O-])cc(Cl)c1N1CCN2CCCC2C1. The first-order valence-electron chi connectivity index (χ1n) is 7.00. The van der Waals surface area contributed by atoms with E-state index >= 15 is 0 Å². The van der Waals surface area contributed by atoms with Gasteiger partial charge in [-0.15, -0.1) is 0 Å². The van der Waals surface area contributed by atoms with Gasteiger partial charge in [-0.05, 0) is 31.9 Å². The maximum absolute atomic E-state index is 10.9. The van der Waals surface area contributed by atoms with Crippen LogP contribution in [-0.4, -0.2) is 42.0 Å². The molecule has 2 aliphatic heterocycles. The van der Waals surface area contributed by atoms with Crippen molar-refractivity contribution in [2.24, 2.45) is 0 Å². The van der Waals surface area contributed by atoms with E-state index in [1.807, 2.05) is 6.92 Å². The summed E-state index contributed by atoms with van der Waals surface area (Å²) in [6, 6.07) is 3.68. The molecule has 20 heavy (non-hydrogen) atoms. The minimum Gasteiger partial charge on any atom is -0.367 e. The Kier molecular flexibility index (Phi) is 3.56. The minimum atomic E-state index is -0.391. The number of hydrogen-bond donors (Lipinski definition) is 0. The van der Waals surface area contributed by atoms with Crippen LogP contribution < -0.4 is 4.90 Å². The molecule has 0 saturated carbocycles. The topological polar surface area (TPSA) is 49.6 Å². The van der Waals surface area contributed by atoms with Crippen molar-refractivity contribution in [3.8, 4) is 0 Å². The minimum absolute atomic E-state index is 0.0655. The van der Waals surface area contributed by atoms with Crippen LogP contribution in [0.3, 0.4) is 0 Å². The standard InChI is InChI=1S/C14H18ClN3O2/c1-10-7-12(18(19)20)8-13(15)14(10)17-6-5-16-4-2-3-11(16)9-17/h7-8,11H,2-6,9H2,1H3. The van der Waals surface area contributed by atoms with Gasteiger partial charge in [-0.2, -0.15) is 0 Å². The van der Waals surface area contributed by atoms with Crippen LogP contribution in [0, 0.1) is 17.0 Å². The number of hydrogen-bond acceptors (Lipinski definition) is 4.